The molecule has 1 atom stereocenters. The molecule has 0 saturated carbocycles. The number of amides is 1. The second kappa shape index (κ2) is 5.50. The lowest BCUT2D eigenvalue weighted by Gasteiger charge is -2.25. The van der Waals surface area contributed by atoms with E-state index in [-0.39, 0.29) is 11.9 Å². The predicted octanol–water partition coefficient (Wildman–Crippen LogP) is 0.852. The summed E-state index contributed by atoms with van der Waals surface area (Å²) in [5, 5.41) is 5.92. The smallest absolute Gasteiger partial charge is 0.239 e. The van der Waals surface area contributed by atoms with Crippen LogP contribution in [0.3, 0.4) is 0 Å². The molecule has 1 amide bonds. The van der Waals surface area contributed by atoms with Crippen molar-refractivity contribution >= 4 is 17.7 Å². The largest absolute Gasteiger partial charge is 0.351 e. The zero-order chi connectivity index (χ0) is 10.5. The van der Waals surface area contributed by atoms with Crippen LogP contribution in [0.4, 0.5) is 0 Å². The fraction of sp³-hybridized carbons (Fsp3) is 0.889. The Morgan fingerprint density at radius 2 is 2.08 bits per heavy atom. The molecule has 13 heavy (non-hydrogen) atoms. The number of likely N-dealkylation sites (N-methyl/N-ethyl adjacent to an activating group) is 1. The molecule has 4 heteroatoms. The molecule has 0 aromatic rings. The topological polar surface area (TPSA) is 41.1 Å². The van der Waals surface area contributed by atoms with Gasteiger partial charge in [-0.3, -0.25) is 4.79 Å². The van der Waals surface area contributed by atoms with Gasteiger partial charge in [-0.2, -0.15) is 11.8 Å². The Morgan fingerprint density at radius 3 is 2.46 bits per heavy atom. The molecule has 0 spiro atoms. The van der Waals surface area contributed by atoms with Gasteiger partial charge in [-0.25, -0.2) is 0 Å². The molecule has 0 aliphatic carbocycles. The predicted molar refractivity (Wildman–Crippen MR) is 59.1 cm³/mol. The lowest BCUT2D eigenvalue weighted by molar-refractivity contribution is -0.126. The van der Waals surface area contributed by atoms with E-state index in [1.807, 2.05) is 27.0 Å². The summed E-state index contributed by atoms with van der Waals surface area (Å²) in [5.41, 5.74) is -0.479. The van der Waals surface area contributed by atoms with E-state index in [0.717, 1.165) is 5.75 Å². The van der Waals surface area contributed by atoms with Crippen LogP contribution in [0, 0.1) is 0 Å². The number of nitrogens with one attached hydrogen (secondary N) is 2. The lowest BCUT2D eigenvalue weighted by atomic mass is 10.1. The first-order chi connectivity index (χ1) is 5.94. The summed E-state index contributed by atoms with van der Waals surface area (Å²) in [4.78, 5) is 11.6. The third-order valence-corrected chi connectivity index (χ3v) is 2.82. The second-order valence-corrected chi connectivity index (χ2v) is 4.62. The summed E-state index contributed by atoms with van der Waals surface area (Å²) in [7, 11) is 1.79. The monoisotopic (exact) mass is 204 g/mol. The minimum atomic E-state index is -0.479. The highest BCUT2D eigenvalue weighted by atomic mass is 32.2. The first kappa shape index (κ1) is 12.8. The highest BCUT2D eigenvalue weighted by molar-refractivity contribution is 7.98. The SMILES string of the molecule is CNC(C)(C)C(=O)NC(C)CSC. The third kappa shape index (κ3) is 4.52. The fourth-order valence-electron chi connectivity index (χ4n) is 0.809. The summed E-state index contributed by atoms with van der Waals surface area (Å²) in [6.07, 6.45) is 2.03. The Balaban J connectivity index is 3.99. The van der Waals surface area contributed by atoms with Gasteiger partial charge >= 0.3 is 0 Å². The highest BCUT2D eigenvalue weighted by Crippen LogP contribution is 2.03. The lowest BCUT2D eigenvalue weighted by Crippen LogP contribution is -2.53. The van der Waals surface area contributed by atoms with Gasteiger partial charge < -0.3 is 10.6 Å². The van der Waals surface area contributed by atoms with Gasteiger partial charge in [-0.15, -0.1) is 0 Å². The van der Waals surface area contributed by atoms with Crippen molar-refractivity contribution in [1.82, 2.24) is 10.6 Å². The molecule has 1 unspecified atom stereocenters. The Hall–Kier alpha value is -0.220. The van der Waals surface area contributed by atoms with Crippen molar-refractivity contribution in [2.24, 2.45) is 0 Å². The maximum absolute atomic E-state index is 11.6. The first-order valence-corrected chi connectivity index (χ1v) is 5.82. The minimum Gasteiger partial charge on any atom is -0.351 e. The van der Waals surface area contributed by atoms with E-state index in [9.17, 15) is 4.79 Å². The molecule has 0 radical (unpaired) electrons. The molecule has 0 rings (SSSR count). The Kier molecular flexibility index (Phi) is 5.40. The second-order valence-electron chi connectivity index (χ2n) is 3.70. The molecule has 78 valence electrons. The zero-order valence-corrected chi connectivity index (χ0v) is 9.92. The van der Waals surface area contributed by atoms with Gasteiger partial charge in [0.25, 0.3) is 0 Å². The van der Waals surface area contributed by atoms with Gasteiger partial charge in [0.1, 0.15) is 0 Å². The molecule has 0 aliphatic rings. The van der Waals surface area contributed by atoms with Crippen molar-refractivity contribution < 1.29 is 4.79 Å². The number of hydrogen-bond acceptors (Lipinski definition) is 3. The van der Waals surface area contributed by atoms with Gasteiger partial charge in [-0.05, 0) is 34.1 Å². The average molecular weight is 204 g/mol. The molecule has 0 heterocycles. The van der Waals surface area contributed by atoms with Crippen LogP contribution < -0.4 is 10.6 Å². The molecule has 0 bridgehead atoms. The molecule has 0 aliphatic heterocycles. The Labute approximate surface area is 85.0 Å². The Morgan fingerprint density at radius 1 is 1.54 bits per heavy atom. The van der Waals surface area contributed by atoms with E-state index in [1.165, 1.54) is 0 Å². The molecule has 0 saturated heterocycles. The van der Waals surface area contributed by atoms with Crippen LogP contribution in [-0.2, 0) is 4.79 Å². The Bertz CT molecular complexity index is 171. The van der Waals surface area contributed by atoms with Gasteiger partial charge in [0.05, 0.1) is 5.54 Å². The van der Waals surface area contributed by atoms with Crippen LogP contribution in [0.2, 0.25) is 0 Å². The van der Waals surface area contributed by atoms with E-state index in [2.05, 4.69) is 10.6 Å². The highest BCUT2D eigenvalue weighted by Gasteiger charge is 2.25. The van der Waals surface area contributed by atoms with Crippen LogP contribution in [0.1, 0.15) is 20.8 Å². The van der Waals surface area contributed by atoms with Crippen LogP contribution in [0.5, 0.6) is 0 Å². The van der Waals surface area contributed by atoms with E-state index in [0.29, 0.717) is 0 Å². The maximum atomic E-state index is 11.6. The van der Waals surface area contributed by atoms with Crippen molar-refractivity contribution in [2.75, 3.05) is 19.1 Å². The fourth-order valence-corrected chi connectivity index (χ4v) is 1.39. The van der Waals surface area contributed by atoms with Gasteiger partial charge in [0.2, 0.25) is 5.91 Å². The van der Waals surface area contributed by atoms with Crippen molar-refractivity contribution in [3.63, 3.8) is 0 Å². The molecule has 2 N–H and O–H groups in total. The summed E-state index contributed by atoms with van der Waals surface area (Å²) in [5.74, 6) is 1.00. The summed E-state index contributed by atoms with van der Waals surface area (Å²) >= 11 is 1.73. The molecule has 3 nitrogen and oxygen atoms in total. The maximum Gasteiger partial charge on any atom is 0.239 e. The number of rotatable bonds is 5. The van der Waals surface area contributed by atoms with Crippen LogP contribution in [0.15, 0.2) is 0 Å². The van der Waals surface area contributed by atoms with E-state index < -0.39 is 5.54 Å². The summed E-state index contributed by atoms with van der Waals surface area (Å²) < 4.78 is 0. The van der Waals surface area contributed by atoms with Crippen LogP contribution >= 0.6 is 11.8 Å². The number of thioether (sulfide) groups is 1. The van der Waals surface area contributed by atoms with Crippen molar-refractivity contribution in [3.8, 4) is 0 Å². The quantitative estimate of drug-likeness (QED) is 0.697. The normalized spacial score (nSPS) is 13.9. The molecule has 0 fully saturated rings. The number of carbonyl (C=O) groups is 1. The molecule has 0 aromatic heterocycles. The van der Waals surface area contributed by atoms with Gasteiger partial charge in [0, 0.05) is 11.8 Å². The van der Waals surface area contributed by atoms with Crippen LogP contribution in [0.25, 0.3) is 0 Å². The minimum absolute atomic E-state index is 0.0524. The van der Waals surface area contributed by atoms with Gasteiger partial charge in [-0.1, -0.05) is 0 Å². The molecular weight excluding hydrogens is 184 g/mol. The van der Waals surface area contributed by atoms with Crippen molar-refractivity contribution in [1.29, 1.82) is 0 Å². The van der Waals surface area contributed by atoms with E-state index in [4.69, 9.17) is 0 Å². The molecule has 0 aromatic carbocycles. The first-order valence-electron chi connectivity index (χ1n) is 4.43. The van der Waals surface area contributed by atoms with E-state index >= 15 is 0 Å². The van der Waals surface area contributed by atoms with Crippen molar-refractivity contribution in [3.05, 3.63) is 0 Å². The summed E-state index contributed by atoms with van der Waals surface area (Å²) in [6, 6.07) is 0.232. The average Bonchev–Trinajstić information content (AvgIpc) is 2.04. The van der Waals surface area contributed by atoms with E-state index in [1.54, 1.807) is 18.8 Å². The van der Waals surface area contributed by atoms with Crippen molar-refractivity contribution in [2.45, 2.75) is 32.4 Å². The molecular formula is C9H20N2OS. The van der Waals surface area contributed by atoms with Crippen LogP contribution in [-0.4, -0.2) is 36.5 Å². The summed E-state index contributed by atoms with van der Waals surface area (Å²) in [6.45, 7) is 5.75. The van der Waals surface area contributed by atoms with Gasteiger partial charge in [0.15, 0.2) is 0 Å². The zero-order valence-electron chi connectivity index (χ0n) is 9.10. The standard InChI is InChI=1S/C9H20N2OS/c1-7(6-13-5)11-8(12)9(2,3)10-4/h7,10H,6H2,1-5H3,(H,11,12). The third-order valence-electron chi connectivity index (χ3n) is 1.99. The number of hydrogen-bond donors (Lipinski definition) is 2. The number of carbonyl (C=O) groups excluding carboxylic acids is 1.